The van der Waals surface area contributed by atoms with Gasteiger partial charge in [0.2, 0.25) is 0 Å². The van der Waals surface area contributed by atoms with E-state index in [4.69, 9.17) is 25.8 Å². The molecule has 0 N–H and O–H groups in total. The number of ether oxygens (including phenoxy) is 3. The Morgan fingerprint density at radius 1 is 0.957 bits per heavy atom. The highest BCUT2D eigenvalue weighted by atomic mass is 35.5. The van der Waals surface area contributed by atoms with Crippen LogP contribution in [0.4, 0.5) is 0 Å². The van der Waals surface area contributed by atoms with E-state index in [2.05, 4.69) is 24.0 Å². The number of unbranched alkanes of at least 4 members (excludes halogenated alkanes) is 3. The summed E-state index contributed by atoms with van der Waals surface area (Å²) in [5.41, 5.74) is 3.48. The Balaban J connectivity index is 1.30. The summed E-state index contributed by atoms with van der Waals surface area (Å²) in [6, 6.07) is 22.3. The number of benzene rings is 3. The number of thiazole rings is 1. The summed E-state index contributed by atoms with van der Waals surface area (Å²) in [6.45, 7) is 6.74. The van der Waals surface area contributed by atoms with Crippen LogP contribution < -0.4 is 24.4 Å². The Morgan fingerprint density at radius 3 is 2.41 bits per heavy atom. The molecule has 4 aromatic rings. The number of nitrogens with zero attached hydrogens (tertiary/aromatic N) is 2. The SMILES string of the molecule is CCCCCCc1ccc(OCCOc2cccc(C=c3sc4n(c3=O)C(c3ccc(Cl)cc3)C(C(=O)OCC)=C(C)N=4)c2)cc1. The Labute approximate surface area is 278 Å². The molecule has 1 aliphatic rings. The molecule has 5 rings (SSSR count). The van der Waals surface area contributed by atoms with Crippen molar-refractivity contribution in [3.63, 3.8) is 0 Å². The zero-order valence-electron chi connectivity index (χ0n) is 26.5. The molecule has 9 heteroatoms. The molecule has 1 aromatic heterocycles. The first-order valence-electron chi connectivity index (χ1n) is 15.8. The standard InChI is InChI=1S/C37H39ClN2O5S/c1-4-6-7-8-10-26-13-19-30(20-14-26)44-21-22-45-31-12-9-11-27(23-31)24-32-35(41)40-34(28-15-17-29(38)18-16-28)33(36(42)43-5-2)25(3)39-37(40)46-32/h9,11-20,23-24,34H,4-8,10,21-22H2,1-3H3. The van der Waals surface area contributed by atoms with E-state index in [-0.39, 0.29) is 12.2 Å². The Kier molecular flexibility index (Phi) is 11.5. The van der Waals surface area contributed by atoms with Crippen LogP contribution in [0.3, 0.4) is 0 Å². The highest BCUT2D eigenvalue weighted by Crippen LogP contribution is 2.31. The zero-order chi connectivity index (χ0) is 32.5. The monoisotopic (exact) mass is 658 g/mol. The maximum atomic E-state index is 13.9. The molecule has 0 aliphatic carbocycles. The highest BCUT2D eigenvalue weighted by Gasteiger charge is 2.33. The molecule has 3 aromatic carbocycles. The zero-order valence-corrected chi connectivity index (χ0v) is 28.0. The van der Waals surface area contributed by atoms with Gasteiger partial charge in [0.1, 0.15) is 24.7 Å². The van der Waals surface area contributed by atoms with E-state index in [0.29, 0.717) is 44.6 Å². The number of hydrogen-bond donors (Lipinski definition) is 0. The van der Waals surface area contributed by atoms with Gasteiger partial charge in [-0.2, -0.15) is 0 Å². The first-order valence-corrected chi connectivity index (χ1v) is 17.0. The second-order valence-electron chi connectivity index (χ2n) is 11.1. The van der Waals surface area contributed by atoms with Crippen LogP contribution in [0.15, 0.2) is 93.9 Å². The van der Waals surface area contributed by atoms with Gasteiger partial charge in [-0.05, 0) is 85.9 Å². The highest BCUT2D eigenvalue weighted by molar-refractivity contribution is 7.07. The molecule has 0 saturated heterocycles. The van der Waals surface area contributed by atoms with Crippen LogP contribution >= 0.6 is 22.9 Å². The summed E-state index contributed by atoms with van der Waals surface area (Å²) in [7, 11) is 0. The van der Waals surface area contributed by atoms with Gasteiger partial charge in [-0.1, -0.05) is 85.5 Å². The number of hydrogen-bond acceptors (Lipinski definition) is 7. The minimum Gasteiger partial charge on any atom is -0.490 e. The van der Waals surface area contributed by atoms with Gasteiger partial charge in [-0.3, -0.25) is 9.36 Å². The van der Waals surface area contributed by atoms with Crippen molar-refractivity contribution in [1.29, 1.82) is 0 Å². The summed E-state index contributed by atoms with van der Waals surface area (Å²) in [5, 5.41) is 0.561. The fourth-order valence-electron chi connectivity index (χ4n) is 5.42. The molecule has 0 bridgehead atoms. The third-order valence-corrected chi connectivity index (χ3v) is 8.96. The molecule has 46 heavy (non-hydrogen) atoms. The first kappa shape index (κ1) is 33.2. The molecule has 240 valence electrons. The number of esters is 1. The van der Waals surface area contributed by atoms with Crippen molar-refractivity contribution in [3.8, 4) is 11.5 Å². The molecule has 1 atom stereocenters. The number of aryl methyl sites for hydroxylation is 1. The van der Waals surface area contributed by atoms with Crippen molar-refractivity contribution >= 4 is 35.0 Å². The normalized spacial score (nSPS) is 14.5. The Morgan fingerprint density at radius 2 is 1.70 bits per heavy atom. The molecular formula is C37H39ClN2O5S. The number of rotatable bonds is 14. The number of aromatic nitrogens is 1. The van der Waals surface area contributed by atoms with Crippen LogP contribution in [0.1, 0.15) is 69.2 Å². The van der Waals surface area contributed by atoms with Gasteiger partial charge in [0, 0.05) is 5.02 Å². The Bertz CT molecular complexity index is 1860. The smallest absolute Gasteiger partial charge is 0.338 e. The van der Waals surface area contributed by atoms with E-state index in [1.54, 1.807) is 30.5 Å². The fraction of sp³-hybridized carbons (Fsp3) is 0.324. The van der Waals surface area contributed by atoms with Crippen LogP contribution in [0, 0.1) is 0 Å². The summed E-state index contributed by atoms with van der Waals surface area (Å²) in [6.07, 6.45) is 7.94. The number of halogens is 1. The molecular weight excluding hydrogens is 620 g/mol. The van der Waals surface area contributed by atoms with Gasteiger partial charge in [0.25, 0.3) is 5.56 Å². The van der Waals surface area contributed by atoms with E-state index in [1.165, 1.54) is 42.6 Å². The summed E-state index contributed by atoms with van der Waals surface area (Å²) in [5.74, 6) is 0.997. The van der Waals surface area contributed by atoms with Gasteiger partial charge in [-0.15, -0.1) is 0 Å². The third kappa shape index (κ3) is 8.17. The molecule has 0 amide bonds. The van der Waals surface area contributed by atoms with Crippen molar-refractivity contribution in [2.24, 2.45) is 4.99 Å². The largest absolute Gasteiger partial charge is 0.490 e. The maximum absolute atomic E-state index is 13.9. The number of carbonyl (C=O) groups is 1. The van der Waals surface area contributed by atoms with Crippen LogP contribution in [0.25, 0.3) is 6.08 Å². The molecule has 0 radical (unpaired) electrons. The lowest BCUT2D eigenvalue weighted by Crippen LogP contribution is -2.39. The molecule has 0 saturated carbocycles. The van der Waals surface area contributed by atoms with Crippen LogP contribution in [0.5, 0.6) is 11.5 Å². The van der Waals surface area contributed by atoms with Crippen LogP contribution in [-0.4, -0.2) is 30.4 Å². The van der Waals surface area contributed by atoms with Gasteiger partial charge in [-0.25, -0.2) is 9.79 Å². The van der Waals surface area contributed by atoms with Gasteiger partial charge in [0.05, 0.1) is 28.5 Å². The van der Waals surface area contributed by atoms with Crippen molar-refractivity contribution < 1.29 is 19.0 Å². The number of allylic oxidation sites excluding steroid dienone is 1. The van der Waals surface area contributed by atoms with Crippen molar-refractivity contribution in [1.82, 2.24) is 4.57 Å². The summed E-state index contributed by atoms with van der Waals surface area (Å²) >= 11 is 7.43. The quantitative estimate of drug-likeness (QED) is 0.107. The molecule has 1 aliphatic heterocycles. The van der Waals surface area contributed by atoms with E-state index in [9.17, 15) is 9.59 Å². The number of carbonyl (C=O) groups excluding carboxylic acids is 1. The molecule has 2 heterocycles. The lowest BCUT2D eigenvalue weighted by atomic mass is 9.96. The van der Waals surface area contributed by atoms with Crippen LogP contribution in [-0.2, 0) is 16.0 Å². The molecule has 0 spiro atoms. The second kappa shape index (κ2) is 15.9. The van der Waals surface area contributed by atoms with E-state index in [0.717, 1.165) is 23.3 Å². The van der Waals surface area contributed by atoms with Gasteiger partial charge in [0.15, 0.2) is 4.80 Å². The maximum Gasteiger partial charge on any atom is 0.338 e. The average molecular weight is 659 g/mol. The Hall–Kier alpha value is -4.14. The summed E-state index contributed by atoms with van der Waals surface area (Å²) in [4.78, 5) is 32.1. The van der Waals surface area contributed by atoms with Gasteiger partial charge >= 0.3 is 5.97 Å². The summed E-state index contributed by atoms with van der Waals surface area (Å²) < 4.78 is 19.3. The van der Waals surface area contributed by atoms with Crippen molar-refractivity contribution in [2.45, 2.75) is 58.9 Å². The van der Waals surface area contributed by atoms with E-state index in [1.807, 2.05) is 54.6 Å². The van der Waals surface area contributed by atoms with Crippen LogP contribution in [0.2, 0.25) is 5.02 Å². The van der Waals surface area contributed by atoms with E-state index < -0.39 is 12.0 Å². The van der Waals surface area contributed by atoms with Gasteiger partial charge < -0.3 is 14.2 Å². The van der Waals surface area contributed by atoms with Crippen molar-refractivity contribution in [2.75, 3.05) is 19.8 Å². The second-order valence-corrected chi connectivity index (χ2v) is 12.5. The van der Waals surface area contributed by atoms with E-state index >= 15 is 0 Å². The minimum atomic E-state index is -0.689. The molecule has 1 unspecified atom stereocenters. The fourth-order valence-corrected chi connectivity index (χ4v) is 6.60. The lowest BCUT2D eigenvalue weighted by Gasteiger charge is -2.24. The molecule has 7 nitrogen and oxygen atoms in total. The average Bonchev–Trinajstić information content (AvgIpc) is 3.35. The number of fused-ring (bicyclic) bond motifs is 1. The molecule has 0 fully saturated rings. The minimum absolute atomic E-state index is 0.213. The lowest BCUT2D eigenvalue weighted by molar-refractivity contribution is -0.139. The predicted octanol–water partition coefficient (Wildman–Crippen LogP) is 7.03. The third-order valence-electron chi connectivity index (χ3n) is 7.72. The topological polar surface area (TPSA) is 79.1 Å². The predicted molar refractivity (Wildman–Crippen MR) is 184 cm³/mol. The van der Waals surface area contributed by atoms with Crippen molar-refractivity contribution in [3.05, 3.63) is 125 Å². The first-order chi connectivity index (χ1) is 22.4.